The largest absolute Gasteiger partial charge is 0.416 e. The molecule has 1 fully saturated rings. The molecule has 2 N–H and O–H groups in total. The topological polar surface area (TPSA) is 71.1 Å². The first-order valence-corrected chi connectivity index (χ1v) is 9.25. The van der Waals surface area contributed by atoms with Crippen LogP contribution < -0.4 is 10.6 Å². The van der Waals surface area contributed by atoms with E-state index in [2.05, 4.69) is 15.6 Å². The first-order valence-electron chi connectivity index (χ1n) is 8.43. The minimum atomic E-state index is -4.35. The summed E-state index contributed by atoms with van der Waals surface area (Å²) in [5.74, 6) is -0.649. The number of carbonyl (C=O) groups excluding carboxylic acids is 2. The van der Waals surface area contributed by atoms with Gasteiger partial charge in [0.15, 0.2) is 5.13 Å². The van der Waals surface area contributed by atoms with Gasteiger partial charge in [-0.2, -0.15) is 13.2 Å². The quantitative estimate of drug-likeness (QED) is 0.810. The van der Waals surface area contributed by atoms with E-state index in [0.717, 1.165) is 22.6 Å². The molecule has 1 aliphatic heterocycles. The Kier molecular flexibility index (Phi) is 5.50. The Morgan fingerprint density at radius 2 is 2.07 bits per heavy atom. The predicted molar refractivity (Wildman–Crippen MR) is 95.3 cm³/mol. The fraction of sp³-hybridized carbons (Fsp3) is 0.389. The number of halogens is 3. The summed E-state index contributed by atoms with van der Waals surface area (Å²) in [5.41, 5.74) is 0.0445. The van der Waals surface area contributed by atoms with E-state index in [9.17, 15) is 22.8 Å². The van der Waals surface area contributed by atoms with Gasteiger partial charge in [0.25, 0.3) is 0 Å². The number of nitrogens with one attached hydrogen (secondary N) is 2. The molecule has 1 aromatic carbocycles. The Bertz CT molecular complexity index is 833. The Labute approximate surface area is 158 Å². The maximum Gasteiger partial charge on any atom is 0.416 e. The van der Waals surface area contributed by atoms with Gasteiger partial charge < -0.3 is 10.6 Å². The van der Waals surface area contributed by atoms with Crippen molar-refractivity contribution < 1.29 is 22.8 Å². The van der Waals surface area contributed by atoms with Gasteiger partial charge in [-0.15, -0.1) is 11.3 Å². The van der Waals surface area contributed by atoms with Crippen molar-refractivity contribution in [2.45, 2.75) is 38.4 Å². The lowest BCUT2D eigenvalue weighted by Crippen LogP contribution is -2.38. The zero-order valence-electron chi connectivity index (χ0n) is 14.5. The van der Waals surface area contributed by atoms with Crippen LogP contribution in [0.4, 0.5) is 18.3 Å². The maximum absolute atomic E-state index is 12.6. The summed E-state index contributed by atoms with van der Waals surface area (Å²) in [7, 11) is 0. The summed E-state index contributed by atoms with van der Waals surface area (Å²) >= 11 is 1.27. The second-order valence-electron chi connectivity index (χ2n) is 6.49. The highest BCUT2D eigenvalue weighted by Gasteiger charge is 2.31. The molecule has 1 aromatic heterocycles. The van der Waals surface area contributed by atoms with Gasteiger partial charge in [0.05, 0.1) is 11.5 Å². The third kappa shape index (κ3) is 4.85. The zero-order valence-corrected chi connectivity index (χ0v) is 15.3. The van der Waals surface area contributed by atoms with E-state index in [1.165, 1.54) is 23.5 Å². The fourth-order valence-corrected chi connectivity index (χ4v) is 3.72. The molecular formula is C18H18F3N3O2S. The average molecular weight is 397 g/mol. The molecular weight excluding hydrogens is 379 g/mol. The molecule has 144 valence electrons. The van der Waals surface area contributed by atoms with Crippen molar-refractivity contribution in [1.29, 1.82) is 0 Å². The lowest BCUT2D eigenvalue weighted by Gasteiger charge is -2.17. The zero-order chi connectivity index (χ0) is 19.6. The molecule has 0 radical (unpaired) electrons. The molecule has 1 aliphatic rings. The normalized spacial score (nSPS) is 18.2. The number of aromatic nitrogens is 1. The molecule has 2 aromatic rings. The number of rotatable bonds is 5. The minimum absolute atomic E-state index is 0.0484. The van der Waals surface area contributed by atoms with Gasteiger partial charge in [-0.25, -0.2) is 4.98 Å². The molecule has 2 heterocycles. The number of thiazole rings is 1. The molecule has 2 unspecified atom stereocenters. The molecule has 0 saturated carbocycles. The molecule has 5 nitrogen and oxygen atoms in total. The van der Waals surface area contributed by atoms with Crippen LogP contribution in [0.3, 0.4) is 0 Å². The van der Waals surface area contributed by atoms with Gasteiger partial charge in [-0.1, -0.05) is 19.1 Å². The Morgan fingerprint density at radius 1 is 1.37 bits per heavy atom. The highest BCUT2D eigenvalue weighted by Crippen LogP contribution is 2.30. The lowest BCUT2D eigenvalue weighted by atomic mass is 10.00. The van der Waals surface area contributed by atoms with Gasteiger partial charge in [0, 0.05) is 30.0 Å². The average Bonchev–Trinajstić information content (AvgIpc) is 3.23. The van der Waals surface area contributed by atoms with Gasteiger partial charge in [0.2, 0.25) is 11.8 Å². The monoisotopic (exact) mass is 397 g/mol. The number of nitrogens with zero attached hydrogens (tertiary/aromatic N) is 1. The maximum atomic E-state index is 12.6. The van der Waals surface area contributed by atoms with Crippen molar-refractivity contribution in [2.24, 2.45) is 5.92 Å². The summed E-state index contributed by atoms with van der Waals surface area (Å²) in [6, 6.07) is 4.80. The van der Waals surface area contributed by atoms with Crippen LogP contribution in [-0.4, -0.2) is 22.8 Å². The van der Waals surface area contributed by atoms with E-state index in [0.29, 0.717) is 24.4 Å². The number of alkyl halides is 3. The molecule has 3 rings (SSSR count). The van der Waals surface area contributed by atoms with Gasteiger partial charge in [0.1, 0.15) is 0 Å². The molecule has 9 heteroatoms. The molecule has 2 atom stereocenters. The lowest BCUT2D eigenvalue weighted by molar-refractivity contribution is -0.137. The van der Waals surface area contributed by atoms with Crippen LogP contribution in [0.5, 0.6) is 0 Å². The van der Waals surface area contributed by atoms with E-state index < -0.39 is 11.7 Å². The third-order valence-corrected chi connectivity index (χ3v) is 5.40. The highest BCUT2D eigenvalue weighted by atomic mass is 32.1. The summed E-state index contributed by atoms with van der Waals surface area (Å²) in [6.45, 7) is 1.75. The van der Waals surface area contributed by atoms with E-state index in [1.54, 1.807) is 13.1 Å². The summed E-state index contributed by atoms with van der Waals surface area (Å²) in [4.78, 5) is 28.6. The highest BCUT2D eigenvalue weighted by molar-refractivity contribution is 7.15. The first-order chi connectivity index (χ1) is 12.7. The van der Waals surface area contributed by atoms with E-state index in [4.69, 9.17) is 0 Å². The van der Waals surface area contributed by atoms with Crippen LogP contribution in [0.25, 0.3) is 0 Å². The van der Waals surface area contributed by atoms with Crippen molar-refractivity contribution >= 4 is 28.3 Å². The van der Waals surface area contributed by atoms with Gasteiger partial charge in [-0.05, 0) is 24.1 Å². The number of benzene rings is 1. The van der Waals surface area contributed by atoms with E-state index in [1.807, 2.05) is 0 Å². The molecule has 27 heavy (non-hydrogen) atoms. The third-order valence-electron chi connectivity index (χ3n) is 4.49. The molecule has 2 amide bonds. The van der Waals surface area contributed by atoms with Crippen LogP contribution in [0.1, 0.15) is 35.8 Å². The number of carbonyl (C=O) groups is 2. The van der Waals surface area contributed by atoms with Crippen molar-refractivity contribution in [3.05, 3.63) is 46.5 Å². The second-order valence-corrected chi connectivity index (χ2v) is 7.61. The minimum Gasteiger partial charge on any atom is -0.353 e. The number of anilines is 1. The molecule has 1 saturated heterocycles. The fourth-order valence-electron chi connectivity index (χ4n) is 2.87. The predicted octanol–water partition coefficient (Wildman–Crippen LogP) is 3.61. The second kappa shape index (κ2) is 7.67. The summed E-state index contributed by atoms with van der Waals surface area (Å²) < 4.78 is 37.8. The van der Waals surface area contributed by atoms with Crippen LogP contribution in [0.2, 0.25) is 0 Å². The van der Waals surface area contributed by atoms with Crippen LogP contribution in [0, 0.1) is 5.92 Å². The Morgan fingerprint density at radius 3 is 2.67 bits per heavy atom. The number of amides is 2. The number of hydrogen-bond donors (Lipinski definition) is 2. The summed E-state index contributed by atoms with van der Waals surface area (Å²) in [6.07, 6.45) is -1.27. The van der Waals surface area contributed by atoms with Gasteiger partial charge >= 0.3 is 6.18 Å². The van der Waals surface area contributed by atoms with Crippen LogP contribution in [0.15, 0.2) is 30.5 Å². The van der Waals surface area contributed by atoms with Crippen molar-refractivity contribution in [3.8, 4) is 0 Å². The number of hydrogen-bond acceptors (Lipinski definition) is 4. The van der Waals surface area contributed by atoms with E-state index in [-0.39, 0.29) is 23.8 Å². The SMILES string of the molecule is CC(C(=O)Nc1ncc(Cc2ccc(C(F)(F)F)cc2)s1)C1CCC(=O)N1. The Balaban J connectivity index is 1.58. The Hall–Kier alpha value is -2.42. The smallest absolute Gasteiger partial charge is 0.353 e. The summed E-state index contributed by atoms with van der Waals surface area (Å²) in [5, 5.41) is 5.94. The van der Waals surface area contributed by atoms with Crippen molar-refractivity contribution in [1.82, 2.24) is 10.3 Å². The molecule has 0 aliphatic carbocycles. The van der Waals surface area contributed by atoms with Crippen molar-refractivity contribution in [2.75, 3.05) is 5.32 Å². The molecule has 0 bridgehead atoms. The van der Waals surface area contributed by atoms with Gasteiger partial charge in [-0.3, -0.25) is 9.59 Å². The van der Waals surface area contributed by atoms with E-state index >= 15 is 0 Å². The van der Waals surface area contributed by atoms with Crippen LogP contribution >= 0.6 is 11.3 Å². The molecule has 0 spiro atoms. The van der Waals surface area contributed by atoms with Crippen molar-refractivity contribution in [3.63, 3.8) is 0 Å². The first kappa shape index (κ1) is 19.3. The van der Waals surface area contributed by atoms with Crippen LogP contribution in [-0.2, 0) is 22.2 Å². The standard InChI is InChI=1S/C18H18F3N3O2S/c1-10(14-6-7-15(25)23-14)16(26)24-17-22-9-13(27-17)8-11-2-4-12(5-3-11)18(19,20)21/h2-5,9-10,14H,6-8H2,1H3,(H,23,25)(H,22,24,26).